The number of hydrogen-bond donors (Lipinski definition) is 2. The second-order valence-electron chi connectivity index (χ2n) is 4.98. The van der Waals surface area contributed by atoms with Crippen LogP contribution in [0.15, 0.2) is 17.7 Å². The smallest absolute Gasteiger partial charge is 0.423 e. The molecule has 22 heavy (non-hydrogen) atoms. The van der Waals surface area contributed by atoms with Gasteiger partial charge in [-0.1, -0.05) is 12.1 Å². The minimum Gasteiger partial charge on any atom is -0.423 e. The van der Waals surface area contributed by atoms with Crippen molar-refractivity contribution >= 4 is 30.6 Å². The van der Waals surface area contributed by atoms with Crippen LogP contribution in [0.4, 0.5) is 8.78 Å². The summed E-state index contributed by atoms with van der Waals surface area (Å²) in [5.41, 5.74) is -1.71. The Kier molecular flexibility index (Phi) is 4.03. The quantitative estimate of drug-likeness (QED) is 0.342. The van der Waals surface area contributed by atoms with Crippen LogP contribution in [-0.2, 0) is 19.1 Å². The zero-order valence-electron chi connectivity index (χ0n) is 11.6. The molecule has 0 spiro atoms. The van der Waals surface area contributed by atoms with Crippen LogP contribution in [0, 0.1) is 11.6 Å². The molecule has 1 heterocycles. The first-order valence-electron chi connectivity index (χ1n) is 6.15. The van der Waals surface area contributed by atoms with Gasteiger partial charge in [0.2, 0.25) is 0 Å². The third kappa shape index (κ3) is 3.00. The van der Waals surface area contributed by atoms with Crippen LogP contribution in [0.1, 0.15) is 19.4 Å². The third-order valence-electron chi connectivity index (χ3n) is 2.84. The largest absolute Gasteiger partial charge is 0.491 e. The van der Waals surface area contributed by atoms with Gasteiger partial charge >= 0.3 is 19.1 Å². The molecule has 0 unspecified atom stereocenters. The van der Waals surface area contributed by atoms with Crippen LogP contribution < -0.4 is 5.46 Å². The molecule has 0 radical (unpaired) electrons. The van der Waals surface area contributed by atoms with Crippen molar-refractivity contribution in [2.45, 2.75) is 19.6 Å². The maximum Gasteiger partial charge on any atom is 0.491 e. The van der Waals surface area contributed by atoms with Gasteiger partial charge < -0.3 is 19.5 Å². The van der Waals surface area contributed by atoms with Crippen LogP contribution in [-0.4, -0.2) is 34.9 Å². The van der Waals surface area contributed by atoms with Gasteiger partial charge in [0.05, 0.1) is 0 Å². The summed E-state index contributed by atoms with van der Waals surface area (Å²) in [6.07, 6.45) is 0.770. The first-order valence-corrected chi connectivity index (χ1v) is 6.15. The fourth-order valence-electron chi connectivity index (χ4n) is 1.82. The molecule has 0 amide bonds. The minimum absolute atomic E-state index is 0.439. The van der Waals surface area contributed by atoms with Crippen LogP contribution in [0.5, 0.6) is 0 Å². The standard InChI is InChI=1S/C13H11BF2O6/c1-13(2)21-11(17)7(12(18)22-13)5-6-3-4-8(14(19)20)10(16)9(6)15/h3-5,19-20H,1-2H3. The Balaban J connectivity index is 2.44. The Labute approximate surface area is 124 Å². The Morgan fingerprint density at radius 2 is 1.64 bits per heavy atom. The molecule has 1 aromatic carbocycles. The molecule has 1 saturated heterocycles. The summed E-state index contributed by atoms with van der Waals surface area (Å²) in [6.45, 7) is 2.69. The van der Waals surface area contributed by atoms with E-state index in [1.54, 1.807) is 0 Å². The van der Waals surface area contributed by atoms with E-state index in [9.17, 15) is 18.4 Å². The summed E-state index contributed by atoms with van der Waals surface area (Å²) in [5.74, 6) is -6.45. The summed E-state index contributed by atoms with van der Waals surface area (Å²) < 4.78 is 37.1. The number of halogens is 2. The molecule has 0 saturated carbocycles. The summed E-state index contributed by atoms with van der Waals surface area (Å²) in [5, 5.41) is 17.7. The lowest BCUT2D eigenvalue weighted by atomic mass is 9.79. The van der Waals surface area contributed by atoms with Gasteiger partial charge in [-0.25, -0.2) is 18.4 Å². The van der Waals surface area contributed by atoms with E-state index in [-0.39, 0.29) is 0 Å². The van der Waals surface area contributed by atoms with E-state index in [4.69, 9.17) is 19.5 Å². The van der Waals surface area contributed by atoms with E-state index in [2.05, 4.69) is 0 Å². The molecule has 1 aliphatic rings. The van der Waals surface area contributed by atoms with Crippen molar-refractivity contribution in [3.05, 3.63) is 34.9 Å². The van der Waals surface area contributed by atoms with Crippen molar-refractivity contribution in [2.24, 2.45) is 0 Å². The third-order valence-corrected chi connectivity index (χ3v) is 2.84. The lowest BCUT2D eigenvalue weighted by Gasteiger charge is -2.29. The zero-order chi connectivity index (χ0) is 16.7. The highest BCUT2D eigenvalue weighted by molar-refractivity contribution is 6.58. The summed E-state index contributed by atoms with van der Waals surface area (Å²) in [4.78, 5) is 23.4. The molecule has 1 fully saturated rings. The van der Waals surface area contributed by atoms with Gasteiger partial charge in [0.25, 0.3) is 5.79 Å². The monoisotopic (exact) mass is 312 g/mol. The normalized spacial score (nSPS) is 16.9. The number of rotatable bonds is 2. The molecule has 116 valence electrons. The van der Waals surface area contributed by atoms with Gasteiger partial charge in [-0.2, -0.15) is 0 Å². The predicted octanol–water partition coefficient (Wildman–Crippen LogP) is -0.136. The van der Waals surface area contributed by atoms with Crippen LogP contribution in [0.25, 0.3) is 6.08 Å². The molecule has 2 rings (SSSR count). The van der Waals surface area contributed by atoms with Gasteiger partial charge in [0.15, 0.2) is 11.6 Å². The highest BCUT2D eigenvalue weighted by atomic mass is 19.2. The highest BCUT2D eigenvalue weighted by Gasteiger charge is 2.39. The van der Waals surface area contributed by atoms with Gasteiger partial charge in [-0.15, -0.1) is 0 Å². The summed E-state index contributed by atoms with van der Waals surface area (Å²) in [6, 6.07) is 1.90. The summed E-state index contributed by atoms with van der Waals surface area (Å²) in [7, 11) is -2.19. The number of carbonyl (C=O) groups excluding carboxylic acids is 2. The summed E-state index contributed by atoms with van der Waals surface area (Å²) >= 11 is 0. The fraction of sp³-hybridized carbons (Fsp3) is 0.231. The average Bonchev–Trinajstić information content (AvgIpc) is 2.37. The lowest BCUT2D eigenvalue weighted by molar-refractivity contribution is -0.222. The second kappa shape index (κ2) is 5.50. The van der Waals surface area contributed by atoms with Crippen molar-refractivity contribution in [3.8, 4) is 0 Å². The highest BCUT2D eigenvalue weighted by Crippen LogP contribution is 2.25. The number of hydrogen-bond acceptors (Lipinski definition) is 6. The molecule has 0 aromatic heterocycles. The lowest BCUT2D eigenvalue weighted by Crippen LogP contribution is -2.41. The minimum atomic E-state index is -2.19. The van der Waals surface area contributed by atoms with Gasteiger partial charge in [0.1, 0.15) is 5.57 Å². The maximum atomic E-state index is 13.8. The number of cyclic esters (lactones) is 2. The first-order chi connectivity index (χ1) is 10.1. The van der Waals surface area contributed by atoms with Gasteiger partial charge in [-0.05, 0) is 6.08 Å². The van der Waals surface area contributed by atoms with E-state index in [1.165, 1.54) is 13.8 Å². The molecular weight excluding hydrogens is 301 g/mol. The maximum absolute atomic E-state index is 13.8. The number of benzene rings is 1. The van der Waals surface area contributed by atoms with Crippen LogP contribution in [0.3, 0.4) is 0 Å². The topological polar surface area (TPSA) is 93.1 Å². The van der Waals surface area contributed by atoms with Crippen molar-refractivity contribution < 1.29 is 37.9 Å². The number of ether oxygens (including phenoxy) is 2. The Morgan fingerprint density at radius 1 is 1.09 bits per heavy atom. The molecule has 1 aliphatic heterocycles. The van der Waals surface area contributed by atoms with Crippen molar-refractivity contribution in [1.29, 1.82) is 0 Å². The Hall–Kier alpha value is -2.26. The fourth-order valence-corrected chi connectivity index (χ4v) is 1.82. The SMILES string of the molecule is CC1(C)OC(=O)C(=Cc2ccc(B(O)O)c(F)c2F)C(=O)O1. The average molecular weight is 312 g/mol. The Bertz CT molecular complexity index is 661. The molecule has 6 nitrogen and oxygen atoms in total. The van der Waals surface area contributed by atoms with E-state index in [1.807, 2.05) is 0 Å². The molecule has 0 bridgehead atoms. The molecule has 1 aromatic rings. The predicted molar refractivity (Wildman–Crippen MR) is 70.4 cm³/mol. The van der Waals surface area contributed by atoms with Crippen molar-refractivity contribution in [1.82, 2.24) is 0 Å². The molecular formula is C13H11BF2O6. The van der Waals surface area contributed by atoms with E-state index in [0.717, 1.165) is 18.2 Å². The first kappa shape index (κ1) is 16.1. The molecule has 2 N–H and O–H groups in total. The molecule has 9 heteroatoms. The van der Waals surface area contributed by atoms with Crippen molar-refractivity contribution in [3.63, 3.8) is 0 Å². The number of esters is 2. The van der Waals surface area contributed by atoms with Gasteiger partial charge in [-0.3, -0.25) is 0 Å². The van der Waals surface area contributed by atoms with Crippen LogP contribution in [0.2, 0.25) is 0 Å². The van der Waals surface area contributed by atoms with Gasteiger partial charge in [0, 0.05) is 24.9 Å². The van der Waals surface area contributed by atoms with Crippen molar-refractivity contribution in [2.75, 3.05) is 0 Å². The zero-order valence-corrected chi connectivity index (χ0v) is 11.6. The van der Waals surface area contributed by atoms with Crippen LogP contribution >= 0.6 is 0 Å². The van der Waals surface area contributed by atoms with E-state index >= 15 is 0 Å². The second-order valence-corrected chi connectivity index (χ2v) is 4.98. The molecule has 0 atom stereocenters. The van der Waals surface area contributed by atoms with E-state index in [0.29, 0.717) is 0 Å². The van der Waals surface area contributed by atoms with E-state index < -0.39 is 53.1 Å². The Morgan fingerprint density at radius 3 is 2.14 bits per heavy atom. The number of carbonyl (C=O) groups is 2. The molecule has 0 aliphatic carbocycles.